The van der Waals surface area contributed by atoms with E-state index in [9.17, 15) is 15.8 Å². The van der Waals surface area contributed by atoms with Crippen molar-refractivity contribution < 1.29 is 0 Å². The number of nitrogens with zero attached hydrogens (tertiary/aromatic N) is 5. The van der Waals surface area contributed by atoms with Crippen LogP contribution in [0.4, 0.5) is 0 Å². The van der Waals surface area contributed by atoms with Crippen LogP contribution in [0.5, 0.6) is 0 Å². The van der Waals surface area contributed by atoms with Gasteiger partial charge in [-0.3, -0.25) is 0 Å². The Morgan fingerprint density at radius 2 is 0.940 bits per heavy atom. The van der Waals surface area contributed by atoms with Gasteiger partial charge < -0.3 is 9.13 Å². The third-order valence-electron chi connectivity index (χ3n) is 9.62. The van der Waals surface area contributed by atoms with Gasteiger partial charge in [0.1, 0.15) is 6.07 Å². The first-order valence-corrected chi connectivity index (χ1v) is 16.3. The van der Waals surface area contributed by atoms with E-state index in [2.05, 4.69) is 118 Å². The Balaban J connectivity index is 1.41. The molecule has 0 saturated heterocycles. The quantitative estimate of drug-likeness (QED) is 0.193. The zero-order valence-electron chi connectivity index (χ0n) is 26.7. The van der Waals surface area contributed by atoms with Gasteiger partial charge in [-0.05, 0) is 65.7 Å². The lowest BCUT2D eigenvalue weighted by atomic mass is 9.92. The van der Waals surface area contributed by atoms with Crippen molar-refractivity contribution in [3.05, 3.63) is 168 Å². The standard InChI is InChI=1S/C45H25N5/c46-26-29-10-7-12-32(24-29)49-42-21-6-4-15-35(42)38-18-8-16-36(44(38)49)33-13-2-3-14-34(33)37-17-9-19-39-40-25-30(27-47)22-23-43(40)50(45(37)39)41-20-5-1-11-31(41)28-48/h1-25H. The molecule has 50 heavy (non-hydrogen) atoms. The summed E-state index contributed by atoms with van der Waals surface area (Å²) in [4.78, 5) is 0. The normalized spacial score (nSPS) is 11.1. The second-order valence-electron chi connectivity index (χ2n) is 12.3. The Bertz CT molecular complexity index is 2970. The second kappa shape index (κ2) is 11.4. The molecule has 9 aromatic rings. The summed E-state index contributed by atoms with van der Waals surface area (Å²) in [6, 6.07) is 57.8. The summed E-state index contributed by atoms with van der Waals surface area (Å²) >= 11 is 0. The molecule has 0 fully saturated rings. The van der Waals surface area contributed by atoms with Crippen LogP contribution < -0.4 is 0 Å². The van der Waals surface area contributed by atoms with Crippen LogP contribution in [0.2, 0.25) is 0 Å². The molecule has 5 nitrogen and oxygen atoms in total. The summed E-state index contributed by atoms with van der Waals surface area (Å²) in [6.07, 6.45) is 0. The fourth-order valence-electron chi connectivity index (χ4n) is 7.54. The van der Waals surface area contributed by atoms with E-state index in [0.717, 1.165) is 77.2 Å². The molecule has 0 radical (unpaired) electrons. The van der Waals surface area contributed by atoms with E-state index in [0.29, 0.717) is 16.7 Å². The topological polar surface area (TPSA) is 81.2 Å². The van der Waals surface area contributed by atoms with Crippen LogP contribution in [0.25, 0.3) is 77.2 Å². The van der Waals surface area contributed by atoms with Crippen molar-refractivity contribution >= 4 is 43.6 Å². The fourth-order valence-corrected chi connectivity index (χ4v) is 7.54. The number of rotatable bonds is 4. The first-order valence-electron chi connectivity index (χ1n) is 16.3. The molecule has 0 aliphatic heterocycles. The van der Waals surface area contributed by atoms with Crippen molar-refractivity contribution in [1.82, 2.24) is 9.13 Å². The summed E-state index contributed by atoms with van der Waals surface area (Å²) in [7, 11) is 0. The largest absolute Gasteiger partial charge is 0.309 e. The van der Waals surface area contributed by atoms with E-state index in [-0.39, 0.29) is 0 Å². The van der Waals surface area contributed by atoms with Crippen LogP contribution in [-0.2, 0) is 0 Å². The van der Waals surface area contributed by atoms with Crippen molar-refractivity contribution in [3.63, 3.8) is 0 Å². The first kappa shape index (κ1) is 28.8. The molecule has 230 valence electrons. The lowest BCUT2D eigenvalue weighted by Gasteiger charge is -2.17. The molecule has 0 bridgehead atoms. The SMILES string of the molecule is N#Cc1cccc(-n2c3ccccc3c3cccc(-c4ccccc4-c4cccc5c6cc(C#N)ccc6n(-c6ccccc6C#N)c45)c32)c1. The number of nitriles is 3. The van der Waals surface area contributed by atoms with Gasteiger partial charge in [0.2, 0.25) is 0 Å². The lowest BCUT2D eigenvalue weighted by molar-refractivity contribution is 1.17. The zero-order chi connectivity index (χ0) is 33.8. The maximum absolute atomic E-state index is 10.2. The molecule has 0 unspecified atom stereocenters. The van der Waals surface area contributed by atoms with Crippen LogP contribution in [0.1, 0.15) is 16.7 Å². The Morgan fingerprint density at radius 1 is 0.380 bits per heavy atom. The molecule has 0 N–H and O–H groups in total. The highest BCUT2D eigenvalue weighted by molar-refractivity contribution is 6.17. The third kappa shape index (κ3) is 4.24. The number of para-hydroxylation sites is 4. The molecule has 5 heteroatoms. The minimum absolute atomic E-state index is 0.563. The van der Waals surface area contributed by atoms with Gasteiger partial charge in [-0.2, -0.15) is 15.8 Å². The molecular weight excluding hydrogens is 611 g/mol. The Hall–Kier alpha value is -7.39. The molecule has 0 aliphatic rings. The van der Waals surface area contributed by atoms with E-state index in [4.69, 9.17) is 0 Å². The minimum Gasteiger partial charge on any atom is -0.309 e. The number of aromatic nitrogens is 2. The molecule has 0 aliphatic carbocycles. The van der Waals surface area contributed by atoms with Crippen molar-refractivity contribution in [3.8, 4) is 51.8 Å². The van der Waals surface area contributed by atoms with E-state index in [1.807, 2.05) is 60.7 Å². The molecule has 9 rings (SSSR count). The van der Waals surface area contributed by atoms with Gasteiger partial charge in [0.15, 0.2) is 0 Å². The summed E-state index contributed by atoms with van der Waals surface area (Å²) < 4.78 is 4.43. The summed E-state index contributed by atoms with van der Waals surface area (Å²) in [5.41, 5.74) is 11.6. The predicted octanol–water partition coefficient (Wildman–Crippen LogP) is 10.8. The fraction of sp³-hybridized carbons (Fsp3) is 0. The van der Waals surface area contributed by atoms with Gasteiger partial charge in [0.05, 0.1) is 56.6 Å². The molecular formula is C45H25N5. The smallest absolute Gasteiger partial charge is 0.101 e. The van der Waals surface area contributed by atoms with Crippen LogP contribution in [0, 0.1) is 34.0 Å². The average Bonchev–Trinajstić information content (AvgIpc) is 3.70. The zero-order valence-corrected chi connectivity index (χ0v) is 26.7. The van der Waals surface area contributed by atoms with Crippen molar-refractivity contribution in [2.45, 2.75) is 0 Å². The Labute approximate surface area is 287 Å². The van der Waals surface area contributed by atoms with Crippen LogP contribution in [-0.4, -0.2) is 9.13 Å². The maximum Gasteiger partial charge on any atom is 0.101 e. The van der Waals surface area contributed by atoms with E-state index >= 15 is 0 Å². The Morgan fingerprint density at radius 3 is 1.68 bits per heavy atom. The molecule has 2 heterocycles. The number of fused-ring (bicyclic) bond motifs is 6. The highest BCUT2D eigenvalue weighted by atomic mass is 15.0. The second-order valence-corrected chi connectivity index (χ2v) is 12.3. The summed E-state index contributed by atoms with van der Waals surface area (Å²) in [6.45, 7) is 0. The molecule has 7 aromatic carbocycles. The first-order chi connectivity index (χ1) is 24.7. The number of hydrogen-bond donors (Lipinski definition) is 0. The molecule has 0 atom stereocenters. The van der Waals surface area contributed by atoms with E-state index in [1.54, 1.807) is 0 Å². The predicted molar refractivity (Wildman–Crippen MR) is 200 cm³/mol. The van der Waals surface area contributed by atoms with Gasteiger partial charge in [0, 0.05) is 38.4 Å². The molecule has 0 spiro atoms. The Kier molecular flexibility index (Phi) is 6.56. The highest BCUT2D eigenvalue weighted by Gasteiger charge is 2.22. The molecule has 2 aromatic heterocycles. The van der Waals surface area contributed by atoms with Crippen molar-refractivity contribution in [2.75, 3.05) is 0 Å². The van der Waals surface area contributed by atoms with Crippen LogP contribution >= 0.6 is 0 Å². The number of benzene rings is 7. The van der Waals surface area contributed by atoms with Crippen LogP contribution in [0.3, 0.4) is 0 Å². The van der Waals surface area contributed by atoms with E-state index in [1.165, 1.54) is 0 Å². The van der Waals surface area contributed by atoms with E-state index < -0.39 is 0 Å². The summed E-state index contributed by atoms with van der Waals surface area (Å²) in [5, 5.41) is 34.0. The lowest BCUT2D eigenvalue weighted by Crippen LogP contribution is -1.99. The van der Waals surface area contributed by atoms with Crippen LogP contribution in [0.15, 0.2) is 152 Å². The van der Waals surface area contributed by atoms with Gasteiger partial charge in [-0.25, -0.2) is 0 Å². The monoisotopic (exact) mass is 635 g/mol. The minimum atomic E-state index is 0.563. The van der Waals surface area contributed by atoms with Crippen molar-refractivity contribution in [2.24, 2.45) is 0 Å². The van der Waals surface area contributed by atoms with Gasteiger partial charge in [0.25, 0.3) is 0 Å². The van der Waals surface area contributed by atoms with Gasteiger partial charge in [-0.1, -0.05) is 97.1 Å². The highest BCUT2D eigenvalue weighted by Crippen LogP contribution is 2.45. The third-order valence-corrected chi connectivity index (χ3v) is 9.62. The maximum atomic E-state index is 10.2. The summed E-state index contributed by atoms with van der Waals surface area (Å²) in [5.74, 6) is 0. The molecule has 0 amide bonds. The molecule has 0 saturated carbocycles. The van der Waals surface area contributed by atoms with Crippen molar-refractivity contribution in [1.29, 1.82) is 15.8 Å². The van der Waals surface area contributed by atoms with Gasteiger partial charge >= 0.3 is 0 Å². The van der Waals surface area contributed by atoms with Gasteiger partial charge in [-0.15, -0.1) is 0 Å². The average molecular weight is 636 g/mol. The number of hydrogen-bond acceptors (Lipinski definition) is 3.